The first kappa shape index (κ1) is 21.4. The van der Waals surface area contributed by atoms with Gasteiger partial charge in [-0.3, -0.25) is 14.8 Å². The Bertz CT molecular complexity index is 1060. The van der Waals surface area contributed by atoms with Crippen LogP contribution >= 0.6 is 11.8 Å². The molecule has 0 fully saturated rings. The summed E-state index contributed by atoms with van der Waals surface area (Å²) >= 11 is 1.16. The number of anilines is 1. The van der Waals surface area contributed by atoms with Crippen LogP contribution in [0.15, 0.2) is 82.6 Å². The fourth-order valence-corrected chi connectivity index (χ4v) is 3.94. The van der Waals surface area contributed by atoms with Gasteiger partial charge in [-0.15, -0.1) is 6.58 Å². The summed E-state index contributed by atoms with van der Waals surface area (Å²) in [4.78, 5) is 23.4. The van der Waals surface area contributed by atoms with Crippen molar-refractivity contribution >= 4 is 28.4 Å². The lowest BCUT2D eigenvalue weighted by Crippen LogP contribution is -2.32. The van der Waals surface area contributed by atoms with Crippen molar-refractivity contribution in [2.75, 3.05) is 11.4 Å². The van der Waals surface area contributed by atoms with Gasteiger partial charge in [0.2, 0.25) is 0 Å². The van der Waals surface area contributed by atoms with E-state index in [0.29, 0.717) is 22.9 Å². The zero-order chi connectivity index (χ0) is 21.7. The number of carbonyl (C=O) groups excluding carboxylic acids is 1. The molecule has 0 unspecified atom stereocenters. The van der Waals surface area contributed by atoms with Crippen LogP contribution < -0.4 is 10.6 Å². The number of nitrogens with two attached hydrogens (primary N) is 1. The van der Waals surface area contributed by atoms with Gasteiger partial charge in [0.25, 0.3) is 5.91 Å². The van der Waals surface area contributed by atoms with Crippen LogP contribution in [0.5, 0.6) is 0 Å². The van der Waals surface area contributed by atoms with E-state index in [2.05, 4.69) is 16.6 Å². The maximum Gasteiger partial charge on any atom is 0.267 e. The fourth-order valence-electron chi connectivity index (χ4n) is 2.86. The van der Waals surface area contributed by atoms with Gasteiger partial charge in [-0.25, -0.2) is 8.78 Å². The van der Waals surface area contributed by atoms with Gasteiger partial charge in [0.15, 0.2) is 11.6 Å². The summed E-state index contributed by atoms with van der Waals surface area (Å²) in [5.74, 6) is -2.46. The van der Waals surface area contributed by atoms with Gasteiger partial charge in [0, 0.05) is 36.3 Å². The molecule has 1 amide bonds. The van der Waals surface area contributed by atoms with E-state index in [-0.39, 0.29) is 17.1 Å². The number of carbonyl (C=O) groups is 1. The highest BCUT2D eigenvalue weighted by Gasteiger charge is 2.32. The van der Waals surface area contributed by atoms with Crippen LogP contribution in [0.4, 0.5) is 14.5 Å². The number of rotatable bonds is 6. The molecule has 0 aliphatic carbocycles. The zero-order valence-corrected chi connectivity index (χ0v) is 17.1. The topological polar surface area (TPSA) is 71.6 Å². The smallest absolute Gasteiger partial charge is 0.267 e. The third kappa shape index (κ3) is 4.49. The van der Waals surface area contributed by atoms with Crippen molar-refractivity contribution in [3.63, 3.8) is 0 Å². The van der Waals surface area contributed by atoms with E-state index in [1.54, 1.807) is 18.5 Å². The number of amides is 1. The highest BCUT2D eigenvalue weighted by Crippen LogP contribution is 2.38. The molecule has 0 atom stereocenters. The van der Waals surface area contributed by atoms with Gasteiger partial charge >= 0.3 is 0 Å². The van der Waals surface area contributed by atoms with Crippen LogP contribution in [0.1, 0.15) is 12.5 Å². The van der Waals surface area contributed by atoms with Crippen molar-refractivity contribution < 1.29 is 13.6 Å². The maximum absolute atomic E-state index is 13.7. The molecule has 0 radical (unpaired) electrons. The summed E-state index contributed by atoms with van der Waals surface area (Å²) in [5, 5.41) is 0.624. The van der Waals surface area contributed by atoms with Crippen molar-refractivity contribution in [3.05, 3.63) is 94.8 Å². The predicted octanol–water partition coefficient (Wildman–Crippen LogP) is 4.34. The van der Waals surface area contributed by atoms with Crippen molar-refractivity contribution in [2.24, 2.45) is 10.7 Å². The lowest BCUT2D eigenvalue weighted by atomic mass is 10.1. The molecule has 1 aliphatic rings. The number of thioether (sulfide) groups is 1. The standard InChI is InChI=1S/C22H20F2N4OS/c1-3-11-28(15-5-6-17(23)18(24)12-15)22(29)20-19(25)16(4-2)21(30-20)27-13-14-7-9-26-10-8-14/h3-10,12H,1,11,13,25H2,2H3/b16-4-,27-21?. The van der Waals surface area contributed by atoms with Gasteiger partial charge in [-0.1, -0.05) is 23.9 Å². The van der Waals surface area contributed by atoms with Crippen LogP contribution in [-0.2, 0) is 11.3 Å². The Hall–Kier alpha value is -3.26. The molecular weight excluding hydrogens is 406 g/mol. The van der Waals surface area contributed by atoms with Crippen molar-refractivity contribution in [2.45, 2.75) is 13.5 Å². The Balaban J connectivity index is 1.90. The summed E-state index contributed by atoms with van der Waals surface area (Å²) in [7, 11) is 0. The van der Waals surface area contributed by atoms with E-state index in [4.69, 9.17) is 5.73 Å². The van der Waals surface area contributed by atoms with Crippen molar-refractivity contribution in [3.8, 4) is 0 Å². The van der Waals surface area contributed by atoms with Crippen LogP contribution in [0.25, 0.3) is 0 Å². The normalized spacial score (nSPS) is 16.4. The van der Waals surface area contributed by atoms with E-state index in [1.165, 1.54) is 17.0 Å². The summed E-state index contributed by atoms with van der Waals surface area (Å²) in [6.07, 6.45) is 6.67. The van der Waals surface area contributed by atoms with E-state index in [1.807, 2.05) is 19.1 Å². The Morgan fingerprint density at radius 2 is 2.00 bits per heavy atom. The minimum atomic E-state index is -1.04. The van der Waals surface area contributed by atoms with E-state index in [0.717, 1.165) is 29.5 Å². The molecule has 1 aliphatic heterocycles. The average molecular weight is 426 g/mol. The molecule has 0 saturated carbocycles. The first-order valence-corrected chi connectivity index (χ1v) is 9.93. The number of halogens is 2. The van der Waals surface area contributed by atoms with E-state index < -0.39 is 17.5 Å². The van der Waals surface area contributed by atoms with Gasteiger partial charge in [0.05, 0.1) is 12.2 Å². The van der Waals surface area contributed by atoms with Gasteiger partial charge in [-0.05, 0) is 36.8 Å². The minimum absolute atomic E-state index is 0.107. The largest absolute Gasteiger partial charge is 0.397 e. The highest BCUT2D eigenvalue weighted by atomic mass is 32.2. The third-order valence-corrected chi connectivity index (χ3v) is 5.51. The fraction of sp³-hybridized carbons (Fsp3) is 0.136. The first-order chi connectivity index (χ1) is 14.5. The molecule has 3 rings (SSSR count). The van der Waals surface area contributed by atoms with E-state index >= 15 is 0 Å². The highest BCUT2D eigenvalue weighted by molar-refractivity contribution is 8.19. The molecule has 5 nitrogen and oxygen atoms in total. The quantitative estimate of drug-likeness (QED) is 0.698. The molecule has 154 valence electrons. The van der Waals surface area contributed by atoms with Crippen molar-refractivity contribution in [1.29, 1.82) is 0 Å². The van der Waals surface area contributed by atoms with Crippen molar-refractivity contribution in [1.82, 2.24) is 4.98 Å². The molecule has 1 aromatic carbocycles. The Labute approximate surface area is 177 Å². The van der Waals surface area contributed by atoms with Crippen LogP contribution in [0.2, 0.25) is 0 Å². The number of allylic oxidation sites excluding steroid dienone is 2. The summed E-state index contributed by atoms with van der Waals surface area (Å²) in [6.45, 7) is 5.98. The van der Waals surface area contributed by atoms with Gasteiger partial charge in [0.1, 0.15) is 9.95 Å². The molecule has 2 aromatic rings. The third-order valence-electron chi connectivity index (χ3n) is 4.37. The van der Waals surface area contributed by atoms with Crippen LogP contribution in [0, 0.1) is 11.6 Å². The number of pyridine rings is 1. The number of hydrogen-bond acceptors (Lipinski definition) is 5. The number of nitrogens with zero attached hydrogens (tertiary/aromatic N) is 3. The lowest BCUT2D eigenvalue weighted by molar-refractivity contribution is -0.114. The Morgan fingerprint density at radius 1 is 1.27 bits per heavy atom. The van der Waals surface area contributed by atoms with E-state index in [9.17, 15) is 13.6 Å². The SMILES string of the molecule is C=CCN(C(=O)C1=C(N)/C(=C/C)C(=NCc2ccncc2)S1)c1ccc(F)c(F)c1. The average Bonchev–Trinajstić information content (AvgIpc) is 3.08. The molecule has 30 heavy (non-hydrogen) atoms. The number of benzene rings is 1. The van der Waals surface area contributed by atoms with Gasteiger partial charge in [-0.2, -0.15) is 0 Å². The molecule has 1 aromatic heterocycles. The molecule has 0 saturated heterocycles. The second-order valence-corrected chi connectivity index (χ2v) is 7.33. The molecule has 0 spiro atoms. The number of hydrogen-bond donors (Lipinski definition) is 1. The Morgan fingerprint density at radius 3 is 2.63 bits per heavy atom. The van der Waals surface area contributed by atoms with Crippen LogP contribution in [-0.4, -0.2) is 22.5 Å². The Kier molecular flexibility index (Phi) is 6.79. The molecule has 0 bridgehead atoms. The van der Waals surface area contributed by atoms with Crippen LogP contribution in [0.3, 0.4) is 0 Å². The summed E-state index contributed by atoms with van der Waals surface area (Å²) in [5.41, 5.74) is 8.41. The lowest BCUT2D eigenvalue weighted by Gasteiger charge is -2.22. The maximum atomic E-state index is 13.7. The zero-order valence-electron chi connectivity index (χ0n) is 16.3. The second kappa shape index (κ2) is 9.49. The van der Waals surface area contributed by atoms with Gasteiger partial charge < -0.3 is 10.6 Å². The predicted molar refractivity (Wildman–Crippen MR) is 117 cm³/mol. The molecule has 8 heteroatoms. The minimum Gasteiger partial charge on any atom is -0.397 e. The second-order valence-electron chi connectivity index (χ2n) is 6.33. The summed E-state index contributed by atoms with van der Waals surface area (Å²) in [6, 6.07) is 7.01. The number of aromatic nitrogens is 1. The molecular formula is C22H20F2N4OS. The first-order valence-electron chi connectivity index (χ1n) is 9.12. The summed E-state index contributed by atoms with van der Waals surface area (Å²) < 4.78 is 27.1. The monoisotopic (exact) mass is 426 g/mol. The number of aliphatic imine (C=N–C) groups is 1. The molecule has 2 N–H and O–H groups in total. The molecule has 2 heterocycles.